The lowest BCUT2D eigenvalue weighted by molar-refractivity contribution is 0.410. The molecule has 2 rings (SSSR count). The Kier molecular flexibility index (Phi) is 2.23. The molecule has 0 radical (unpaired) electrons. The summed E-state index contributed by atoms with van der Waals surface area (Å²) in [5.41, 5.74) is 8.71. The van der Waals surface area contributed by atoms with Gasteiger partial charge in [-0.2, -0.15) is 0 Å². The molecule has 2 nitrogen and oxygen atoms in total. The van der Waals surface area contributed by atoms with Crippen molar-refractivity contribution in [1.82, 2.24) is 0 Å². The molecule has 1 aliphatic carbocycles. The van der Waals surface area contributed by atoms with Crippen LogP contribution in [0.15, 0.2) is 18.2 Å². The van der Waals surface area contributed by atoms with Gasteiger partial charge < -0.3 is 10.5 Å². The van der Waals surface area contributed by atoms with Crippen LogP contribution in [0.1, 0.15) is 24.5 Å². The predicted octanol–water partition coefficient (Wildman–Crippen LogP) is 1.86. The van der Waals surface area contributed by atoms with Crippen LogP contribution in [0.25, 0.3) is 0 Å². The lowest BCUT2D eigenvalue weighted by atomic mass is 9.84. The lowest BCUT2D eigenvalue weighted by Crippen LogP contribution is -2.28. The second kappa shape index (κ2) is 3.28. The van der Waals surface area contributed by atoms with Crippen LogP contribution in [0.2, 0.25) is 0 Å². The minimum Gasteiger partial charge on any atom is -0.496 e. The number of hydrogen-bond acceptors (Lipinski definition) is 2. The Hall–Kier alpha value is -1.02. The normalized spacial score (nSPS) is 24.8. The summed E-state index contributed by atoms with van der Waals surface area (Å²) in [6.07, 6.45) is 2.23. The number of methoxy groups -OCH3 is 1. The van der Waals surface area contributed by atoms with E-state index >= 15 is 0 Å². The number of benzene rings is 1. The van der Waals surface area contributed by atoms with E-state index in [-0.39, 0.29) is 5.41 Å². The van der Waals surface area contributed by atoms with Gasteiger partial charge in [0.25, 0.3) is 0 Å². The van der Waals surface area contributed by atoms with Crippen molar-refractivity contribution in [2.75, 3.05) is 13.7 Å². The van der Waals surface area contributed by atoms with Crippen LogP contribution < -0.4 is 10.5 Å². The van der Waals surface area contributed by atoms with Gasteiger partial charge in [0.1, 0.15) is 5.75 Å². The van der Waals surface area contributed by atoms with E-state index in [1.54, 1.807) is 7.11 Å². The van der Waals surface area contributed by atoms with Crippen LogP contribution in [-0.4, -0.2) is 13.7 Å². The van der Waals surface area contributed by atoms with Crippen molar-refractivity contribution in [3.05, 3.63) is 29.3 Å². The maximum atomic E-state index is 5.83. The maximum absolute atomic E-state index is 5.83. The Morgan fingerprint density at radius 2 is 2.29 bits per heavy atom. The Balaban J connectivity index is 2.52. The molecule has 0 aliphatic heterocycles. The molecule has 0 saturated carbocycles. The van der Waals surface area contributed by atoms with E-state index in [0.717, 1.165) is 18.6 Å². The van der Waals surface area contributed by atoms with E-state index in [1.807, 2.05) is 6.07 Å². The summed E-state index contributed by atoms with van der Waals surface area (Å²) in [5, 5.41) is 0. The van der Waals surface area contributed by atoms with Gasteiger partial charge >= 0.3 is 0 Å². The number of rotatable bonds is 2. The van der Waals surface area contributed by atoms with Crippen LogP contribution in [0.3, 0.4) is 0 Å². The van der Waals surface area contributed by atoms with Crippen LogP contribution in [-0.2, 0) is 11.8 Å². The highest BCUT2D eigenvalue weighted by Crippen LogP contribution is 2.41. The van der Waals surface area contributed by atoms with E-state index in [0.29, 0.717) is 6.54 Å². The van der Waals surface area contributed by atoms with E-state index in [2.05, 4.69) is 19.1 Å². The number of fused-ring (bicyclic) bond motifs is 1. The highest BCUT2D eigenvalue weighted by Gasteiger charge is 2.34. The van der Waals surface area contributed by atoms with Gasteiger partial charge in [-0.25, -0.2) is 0 Å². The van der Waals surface area contributed by atoms with Crippen molar-refractivity contribution in [2.45, 2.75) is 25.2 Å². The molecule has 1 atom stereocenters. The molecule has 2 N–H and O–H groups in total. The number of hydrogen-bond donors (Lipinski definition) is 1. The Morgan fingerprint density at radius 1 is 1.50 bits per heavy atom. The Labute approximate surface area is 85.1 Å². The quantitative estimate of drug-likeness (QED) is 0.774. The standard InChI is InChI=1S/C12H17NO/c1-12(8-13)7-6-9-10(12)4-3-5-11(9)14-2/h3-5H,6-8,13H2,1-2H3. The van der Waals surface area contributed by atoms with Gasteiger partial charge in [-0.3, -0.25) is 0 Å². The third-order valence-corrected chi connectivity index (χ3v) is 3.38. The van der Waals surface area contributed by atoms with Crippen molar-refractivity contribution in [3.8, 4) is 5.75 Å². The fourth-order valence-corrected chi connectivity index (χ4v) is 2.33. The molecule has 14 heavy (non-hydrogen) atoms. The van der Waals surface area contributed by atoms with E-state index < -0.39 is 0 Å². The number of nitrogens with two attached hydrogens (primary N) is 1. The molecule has 0 bridgehead atoms. The summed E-state index contributed by atoms with van der Waals surface area (Å²) >= 11 is 0. The van der Waals surface area contributed by atoms with E-state index in [1.165, 1.54) is 11.1 Å². The van der Waals surface area contributed by atoms with Gasteiger partial charge in [0.15, 0.2) is 0 Å². The van der Waals surface area contributed by atoms with Crippen LogP contribution in [0.5, 0.6) is 5.75 Å². The van der Waals surface area contributed by atoms with Gasteiger partial charge in [0.2, 0.25) is 0 Å². The van der Waals surface area contributed by atoms with Gasteiger partial charge in [-0.05, 0) is 30.0 Å². The first-order chi connectivity index (χ1) is 6.71. The second-order valence-corrected chi connectivity index (χ2v) is 4.25. The molecule has 0 heterocycles. The largest absolute Gasteiger partial charge is 0.496 e. The fraction of sp³-hybridized carbons (Fsp3) is 0.500. The molecule has 0 saturated heterocycles. The van der Waals surface area contributed by atoms with Crippen molar-refractivity contribution < 1.29 is 4.74 Å². The average Bonchev–Trinajstić information content (AvgIpc) is 2.58. The van der Waals surface area contributed by atoms with E-state index in [9.17, 15) is 0 Å². The van der Waals surface area contributed by atoms with Gasteiger partial charge in [-0.1, -0.05) is 19.1 Å². The second-order valence-electron chi connectivity index (χ2n) is 4.25. The minimum atomic E-state index is 0.157. The van der Waals surface area contributed by atoms with Crippen LogP contribution in [0.4, 0.5) is 0 Å². The highest BCUT2D eigenvalue weighted by atomic mass is 16.5. The van der Waals surface area contributed by atoms with Gasteiger partial charge in [-0.15, -0.1) is 0 Å². The third kappa shape index (κ3) is 1.22. The molecule has 0 amide bonds. The summed E-state index contributed by atoms with van der Waals surface area (Å²) < 4.78 is 5.35. The van der Waals surface area contributed by atoms with Crippen molar-refractivity contribution in [1.29, 1.82) is 0 Å². The molecule has 0 spiro atoms. The molecule has 1 unspecified atom stereocenters. The molecule has 2 heteroatoms. The summed E-state index contributed by atoms with van der Waals surface area (Å²) in [4.78, 5) is 0. The zero-order valence-electron chi connectivity index (χ0n) is 8.84. The summed E-state index contributed by atoms with van der Waals surface area (Å²) in [7, 11) is 1.73. The van der Waals surface area contributed by atoms with Crippen molar-refractivity contribution >= 4 is 0 Å². The topological polar surface area (TPSA) is 35.2 Å². The maximum Gasteiger partial charge on any atom is 0.122 e. The monoisotopic (exact) mass is 191 g/mol. The molecule has 0 aromatic heterocycles. The molecule has 1 aromatic carbocycles. The highest BCUT2D eigenvalue weighted by molar-refractivity contribution is 5.47. The minimum absolute atomic E-state index is 0.157. The van der Waals surface area contributed by atoms with Gasteiger partial charge in [0, 0.05) is 12.0 Å². The fourth-order valence-electron chi connectivity index (χ4n) is 2.33. The first-order valence-electron chi connectivity index (χ1n) is 5.08. The third-order valence-electron chi connectivity index (χ3n) is 3.38. The van der Waals surface area contributed by atoms with Crippen molar-refractivity contribution in [3.63, 3.8) is 0 Å². The molecular weight excluding hydrogens is 174 g/mol. The van der Waals surface area contributed by atoms with Crippen molar-refractivity contribution in [2.24, 2.45) is 5.73 Å². The van der Waals surface area contributed by atoms with E-state index in [4.69, 9.17) is 10.5 Å². The SMILES string of the molecule is COc1cccc2c1CCC2(C)CN. The first kappa shape index (κ1) is 9.53. The molecule has 0 fully saturated rings. The summed E-state index contributed by atoms with van der Waals surface area (Å²) in [6.45, 7) is 2.95. The summed E-state index contributed by atoms with van der Waals surface area (Å²) in [6, 6.07) is 6.26. The summed E-state index contributed by atoms with van der Waals surface area (Å²) in [5.74, 6) is 1.01. The predicted molar refractivity (Wildman–Crippen MR) is 57.7 cm³/mol. The lowest BCUT2D eigenvalue weighted by Gasteiger charge is -2.23. The molecule has 1 aliphatic rings. The number of ether oxygens (including phenoxy) is 1. The van der Waals surface area contributed by atoms with Crippen LogP contribution in [0, 0.1) is 0 Å². The Bertz CT molecular complexity index is 348. The zero-order valence-corrected chi connectivity index (χ0v) is 8.84. The van der Waals surface area contributed by atoms with Gasteiger partial charge in [0.05, 0.1) is 7.11 Å². The molecular formula is C12H17NO. The first-order valence-corrected chi connectivity index (χ1v) is 5.08. The Morgan fingerprint density at radius 3 is 2.93 bits per heavy atom. The smallest absolute Gasteiger partial charge is 0.122 e. The van der Waals surface area contributed by atoms with Crippen LogP contribution >= 0.6 is 0 Å². The zero-order chi connectivity index (χ0) is 10.2. The molecule has 76 valence electrons. The molecule has 1 aromatic rings. The average molecular weight is 191 g/mol.